The predicted octanol–water partition coefficient (Wildman–Crippen LogP) is 4.03. The molecule has 6 nitrogen and oxygen atoms in total. The van der Waals surface area contributed by atoms with Gasteiger partial charge in [0, 0.05) is 17.9 Å². The van der Waals surface area contributed by atoms with Crippen molar-refractivity contribution in [1.82, 2.24) is 4.37 Å². The topological polar surface area (TPSA) is 88.5 Å². The number of aromatic carboxylic acids is 1. The Balaban J connectivity index is 1.54. The molecule has 1 aliphatic heterocycles. The highest BCUT2D eigenvalue weighted by molar-refractivity contribution is 7.06. The number of benzene rings is 2. The molecule has 4 rings (SSSR count). The van der Waals surface area contributed by atoms with Crippen LogP contribution >= 0.6 is 11.5 Å². The number of nitrogens with one attached hydrogen (secondary N) is 1. The number of halogens is 1. The number of anilines is 1. The summed E-state index contributed by atoms with van der Waals surface area (Å²) >= 11 is 1.08. The molecule has 1 amide bonds. The number of nitrogens with zero attached hydrogens (tertiary/aromatic N) is 1. The monoisotopic (exact) mass is 398 g/mol. The minimum atomic E-state index is -1.17. The van der Waals surface area contributed by atoms with Crippen LogP contribution in [0.5, 0.6) is 5.75 Å². The van der Waals surface area contributed by atoms with Gasteiger partial charge in [-0.25, -0.2) is 9.18 Å². The first-order valence-corrected chi connectivity index (χ1v) is 9.29. The number of hydrogen-bond donors (Lipinski definition) is 2. The SMILES string of the molecule is O=C1C[C@H](c2ccc(OCc3ccccc3F)cc2)c2snc(C(=O)O)c2N1. The molecule has 28 heavy (non-hydrogen) atoms. The number of ether oxygens (including phenoxy) is 1. The minimum absolute atomic E-state index is 0.110. The van der Waals surface area contributed by atoms with E-state index in [1.54, 1.807) is 30.3 Å². The van der Waals surface area contributed by atoms with E-state index < -0.39 is 5.97 Å². The lowest BCUT2D eigenvalue weighted by atomic mass is 9.90. The summed E-state index contributed by atoms with van der Waals surface area (Å²) in [6, 6.07) is 13.6. The Morgan fingerprint density at radius 3 is 2.71 bits per heavy atom. The second-order valence-corrected chi connectivity index (χ2v) is 7.13. The molecule has 2 N–H and O–H groups in total. The van der Waals surface area contributed by atoms with Gasteiger partial charge in [0.25, 0.3) is 0 Å². The number of amides is 1. The van der Waals surface area contributed by atoms with E-state index in [0.717, 1.165) is 22.0 Å². The molecule has 0 spiro atoms. The molecule has 142 valence electrons. The van der Waals surface area contributed by atoms with Gasteiger partial charge in [-0.05, 0) is 35.3 Å². The highest BCUT2D eigenvalue weighted by Gasteiger charge is 2.33. The number of carboxylic acid groups (broad SMARTS) is 1. The van der Waals surface area contributed by atoms with E-state index >= 15 is 0 Å². The summed E-state index contributed by atoms with van der Waals surface area (Å²) < 4.78 is 23.3. The Morgan fingerprint density at radius 1 is 1.25 bits per heavy atom. The van der Waals surface area contributed by atoms with Gasteiger partial charge in [0.1, 0.15) is 18.2 Å². The van der Waals surface area contributed by atoms with Crippen LogP contribution in [0.2, 0.25) is 0 Å². The van der Waals surface area contributed by atoms with E-state index in [0.29, 0.717) is 11.3 Å². The van der Waals surface area contributed by atoms with Crippen LogP contribution in [0.1, 0.15) is 38.8 Å². The van der Waals surface area contributed by atoms with E-state index in [4.69, 9.17) is 4.74 Å². The number of carbonyl (C=O) groups excluding carboxylic acids is 1. The van der Waals surface area contributed by atoms with Crippen molar-refractivity contribution in [1.29, 1.82) is 0 Å². The normalized spacial score (nSPS) is 15.6. The van der Waals surface area contributed by atoms with Crippen LogP contribution in [0.25, 0.3) is 0 Å². The van der Waals surface area contributed by atoms with Crippen molar-refractivity contribution in [2.24, 2.45) is 0 Å². The molecule has 3 aromatic rings. The first-order valence-electron chi connectivity index (χ1n) is 8.52. The van der Waals surface area contributed by atoms with Gasteiger partial charge < -0.3 is 15.2 Å². The van der Waals surface area contributed by atoms with E-state index in [1.165, 1.54) is 6.07 Å². The van der Waals surface area contributed by atoms with Crippen molar-refractivity contribution in [3.63, 3.8) is 0 Å². The highest BCUT2D eigenvalue weighted by atomic mass is 32.1. The van der Waals surface area contributed by atoms with Gasteiger partial charge in [-0.2, -0.15) is 4.37 Å². The van der Waals surface area contributed by atoms with Gasteiger partial charge in [-0.15, -0.1) is 0 Å². The predicted molar refractivity (Wildman–Crippen MR) is 101 cm³/mol. The van der Waals surface area contributed by atoms with E-state index in [9.17, 15) is 19.1 Å². The van der Waals surface area contributed by atoms with Crippen molar-refractivity contribution in [3.8, 4) is 5.75 Å². The van der Waals surface area contributed by atoms with Crippen LogP contribution in [0.4, 0.5) is 10.1 Å². The summed E-state index contributed by atoms with van der Waals surface area (Å²) in [7, 11) is 0. The van der Waals surface area contributed by atoms with Crippen LogP contribution in [0.3, 0.4) is 0 Å². The van der Waals surface area contributed by atoms with Crippen molar-refractivity contribution in [2.75, 3.05) is 5.32 Å². The zero-order valence-electron chi connectivity index (χ0n) is 14.5. The molecule has 1 aliphatic rings. The zero-order valence-corrected chi connectivity index (χ0v) is 15.3. The smallest absolute Gasteiger partial charge is 0.357 e. The second kappa shape index (κ2) is 7.40. The molecule has 2 heterocycles. The Hall–Kier alpha value is -3.26. The second-order valence-electron chi connectivity index (χ2n) is 6.33. The first-order chi connectivity index (χ1) is 13.5. The fourth-order valence-corrected chi connectivity index (χ4v) is 4.06. The molecule has 1 atom stereocenters. The molecule has 0 saturated carbocycles. The lowest BCUT2D eigenvalue weighted by Crippen LogP contribution is -2.23. The Morgan fingerprint density at radius 2 is 2.00 bits per heavy atom. The quantitative estimate of drug-likeness (QED) is 0.677. The largest absolute Gasteiger partial charge is 0.489 e. The van der Waals surface area contributed by atoms with Crippen molar-refractivity contribution in [3.05, 3.63) is 76.0 Å². The van der Waals surface area contributed by atoms with E-state index in [1.807, 2.05) is 12.1 Å². The summed E-state index contributed by atoms with van der Waals surface area (Å²) in [5.41, 5.74) is 1.46. The van der Waals surface area contributed by atoms with Gasteiger partial charge in [0.05, 0.1) is 10.6 Å². The Kier molecular flexibility index (Phi) is 4.79. The molecule has 0 aliphatic carbocycles. The molecule has 2 aromatic carbocycles. The minimum Gasteiger partial charge on any atom is -0.489 e. The number of hydrogen-bond acceptors (Lipinski definition) is 5. The van der Waals surface area contributed by atoms with Crippen molar-refractivity contribution < 1.29 is 23.8 Å². The number of aromatic nitrogens is 1. The van der Waals surface area contributed by atoms with Crippen LogP contribution in [0, 0.1) is 5.82 Å². The third-order valence-electron chi connectivity index (χ3n) is 4.53. The summed E-state index contributed by atoms with van der Waals surface area (Å²) in [4.78, 5) is 24.1. The third kappa shape index (κ3) is 3.46. The van der Waals surface area contributed by atoms with Crippen LogP contribution < -0.4 is 10.1 Å². The van der Waals surface area contributed by atoms with Gasteiger partial charge in [0.15, 0.2) is 5.69 Å². The van der Waals surface area contributed by atoms with Crippen LogP contribution in [-0.2, 0) is 11.4 Å². The standard InChI is InChI=1S/C20H15FN2O4S/c21-15-4-2-1-3-12(15)10-27-13-7-5-11(6-8-13)14-9-16(24)22-17-18(20(25)26)23-28-19(14)17/h1-8,14H,9-10H2,(H,22,24)(H,25,26)/t14-/m1/s1. The summed E-state index contributed by atoms with van der Waals surface area (Å²) in [5.74, 6) is -1.44. The number of carbonyl (C=O) groups is 2. The average molecular weight is 398 g/mol. The molecule has 8 heteroatoms. The maximum absolute atomic E-state index is 13.7. The molecule has 0 saturated heterocycles. The lowest BCUT2D eigenvalue weighted by Gasteiger charge is -2.22. The van der Waals surface area contributed by atoms with Crippen LogP contribution in [0.15, 0.2) is 48.5 Å². The average Bonchev–Trinajstić information content (AvgIpc) is 3.11. The fraction of sp³-hybridized carbons (Fsp3) is 0.150. The highest BCUT2D eigenvalue weighted by Crippen LogP contribution is 2.41. The molecule has 0 bridgehead atoms. The van der Waals surface area contributed by atoms with E-state index in [-0.39, 0.29) is 42.1 Å². The summed E-state index contributed by atoms with van der Waals surface area (Å²) in [6.45, 7) is 0.110. The molecular weight excluding hydrogens is 383 g/mol. The molecular formula is C20H15FN2O4S. The number of rotatable bonds is 5. The van der Waals surface area contributed by atoms with Gasteiger partial charge in [-0.1, -0.05) is 30.3 Å². The first kappa shape index (κ1) is 18.1. The fourth-order valence-electron chi connectivity index (χ4n) is 3.12. The van der Waals surface area contributed by atoms with Gasteiger partial charge in [0.2, 0.25) is 5.91 Å². The maximum Gasteiger partial charge on any atom is 0.357 e. The molecule has 0 fully saturated rings. The van der Waals surface area contributed by atoms with Gasteiger partial charge in [-0.3, -0.25) is 4.79 Å². The van der Waals surface area contributed by atoms with Crippen molar-refractivity contribution in [2.45, 2.75) is 18.9 Å². The van der Waals surface area contributed by atoms with E-state index in [2.05, 4.69) is 9.69 Å². The van der Waals surface area contributed by atoms with Gasteiger partial charge >= 0.3 is 5.97 Å². The Labute approximate surface area is 163 Å². The molecule has 1 aromatic heterocycles. The number of fused-ring (bicyclic) bond motifs is 1. The molecule has 0 unspecified atom stereocenters. The summed E-state index contributed by atoms with van der Waals surface area (Å²) in [5, 5.41) is 11.8. The maximum atomic E-state index is 13.7. The third-order valence-corrected chi connectivity index (χ3v) is 5.49. The number of carboxylic acids is 1. The van der Waals surface area contributed by atoms with Crippen molar-refractivity contribution >= 4 is 29.1 Å². The lowest BCUT2D eigenvalue weighted by molar-refractivity contribution is -0.116. The summed E-state index contributed by atoms with van der Waals surface area (Å²) in [6.07, 6.45) is 0.212. The molecule has 0 radical (unpaired) electrons. The zero-order chi connectivity index (χ0) is 19.7. The Bertz CT molecular complexity index is 1050. The van der Waals surface area contributed by atoms with Crippen LogP contribution in [-0.4, -0.2) is 21.4 Å².